The van der Waals surface area contributed by atoms with Gasteiger partial charge in [-0.15, -0.1) is 0 Å². The van der Waals surface area contributed by atoms with Crippen LogP contribution in [-0.4, -0.2) is 9.55 Å². The van der Waals surface area contributed by atoms with Gasteiger partial charge in [0.25, 0.3) is 0 Å². The molecular weight excluding hydrogens is 260 g/mol. The van der Waals surface area contributed by atoms with Crippen molar-refractivity contribution < 1.29 is 4.42 Å². The van der Waals surface area contributed by atoms with Crippen LogP contribution in [-0.2, 0) is 6.54 Å². The maximum absolute atomic E-state index is 6.09. The molecule has 0 fully saturated rings. The Morgan fingerprint density at radius 2 is 2.21 bits per heavy atom. The number of aromatic nitrogens is 2. The van der Waals surface area contributed by atoms with Crippen LogP contribution in [0.15, 0.2) is 34.7 Å². The maximum atomic E-state index is 6.09. The lowest BCUT2D eigenvalue weighted by molar-refractivity contribution is 0.520. The van der Waals surface area contributed by atoms with Gasteiger partial charge in [-0.05, 0) is 36.2 Å². The summed E-state index contributed by atoms with van der Waals surface area (Å²) in [6.07, 6.45) is 2.71. The van der Waals surface area contributed by atoms with Crippen molar-refractivity contribution in [2.45, 2.75) is 20.4 Å². The van der Waals surface area contributed by atoms with Gasteiger partial charge in [-0.2, -0.15) is 0 Å². The summed E-state index contributed by atoms with van der Waals surface area (Å²) in [6, 6.07) is 9.36. The third-order valence-electron chi connectivity index (χ3n) is 2.95. The van der Waals surface area contributed by atoms with Crippen LogP contribution in [0, 0.1) is 12.2 Å². The van der Waals surface area contributed by atoms with Crippen LogP contribution in [0.2, 0.25) is 5.02 Å². The highest BCUT2D eigenvalue weighted by molar-refractivity contribution is 6.31. The molecule has 0 bridgehead atoms. The normalized spacial score (nSPS) is 11.6. The largest absolute Gasteiger partial charge is 0.450 e. The Labute approximate surface area is 116 Å². The van der Waals surface area contributed by atoms with E-state index in [2.05, 4.69) is 29.7 Å². The number of hydrogen-bond donors (Lipinski definition) is 0. The van der Waals surface area contributed by atoms with Crippen molar-refractivity contribution in [1.29, 1.82) is 0 Å². The van der Waals surface area contributed by atoms with Crippen molar-refractivity contribution >= 4 is 22.6 Å². The summed E-state index contributed by atoms with van der Waals surface area (Å²) in [5.74, 6) is 2.06. The fraction of sp³-hybridized carbons (Fsp3) is 0.267. The van der Waals surface area contributed by atoms with Crippen LogP contribution in [0.4, 0.5) is 0 Å². The number of halogens is 1. The van der Waals surface area contributed by atoms with Gasteiger partial charge in [-0.25, -0.2) is 4.98 Å². The van der Waals surface area contributed by atoms with Gasteiger partial charge in [0.15, 0.2) is 17.8 Å². The average molecular weight is 274 g/mol. The molecule has 1 aromatic carbocycles. The Morgan fingerprint density at radius 3 is 2.89 bits per heavy atom. The van der Waals surface area contributed by atoms with Gasteiger partial charge in [-0.1, -0.05) is 25.4 Å². The fourth-order valence-electron chi connectivity index (χ4n) is 2.20. The number of fused-ring (bicyclic) bond motifs is 1. The first-order valence-corrected chi connectivity index (χ1v) is 6.65. The van der Waals surface area contributed by atoms with E-state index in [1.165, 1.54) is 0 Å². The molecule has 0 aliphatic heterocycles. The maximum Gasteiger partial charge on any atom is 0.177 e. The van der Waals surface area contributed by atoms with Crippen LogP contribution in [0.25, 0.3) is 22.6 Å². The van der Waals surface area contributed by atoms with Gasteiger partial charge in [0.2, 0.25) is 0 Å². The third kappa shape index (κ3) is 2.26. The van der Waals surface area contributed by atoms with E-state index in [4.69, 9.17) is 16.0 Å². The Morgan fingerprint density at radius 1 is 1.37 bits per heavy atom. The zero-order valence-electron chi connectivity index (χ0n) is 10.9. The second-order valence-corrected chi connectivity index (χ2v) is 5.43. The summed E-state index contributed by atoms with van der Waals surface area (Å²) in [6.45, 7) is 5.22. The van der Waals surface area contributed by atoms with Crippen molar-refractivity contribution in [2.75, 3.05) is 0 Å². The molecule has 0 unspecified atom stereocenters. The molecule has 0 N–H and O–H groups in total. The first kappa shape index (κ1) is 12.3. The molecule has 3 rings (SSSR count). The van der Waals surface area contributed by atoms with Crippen molar-refractivity contribution in [3.8, 4) is 11.6 Å². The van der Waals surface area contributed by atoms with E-state index in [-0.39, 0.29) is 0 Å². The van der Waals surface area contributed by atoms with E-state index in [1.54, 1.807) is 6.07 Å². The smallest absolute Gasteiger partial charge is 0.177 e. The molecule has 0 saturated carbocycles. The van der Waals surface area contributed by atoms with E-state index in [0.717, 1.165) is 34.2 Å². The van der Waals surface area contributed by atoms with E-state index < -0.39 is 0 Å². The highest BCUT2D eigenvalue weighted by Crippen LogP contribution is 2.27. The Bertz CT molecular complexity index is 698. The molecule has 19 heavy (non-hydrogen) atoms. The summed E-state index contributed by atoms with van der Waals surface area (Å²) >= 11 is 6.09. The number of furan rings is 1. The van der Waals surface area contributed by atoms with Gasteiger partial charge in [0, 0.05) is 11.6 Å². The fourth-order valence-corrected chi connectivity index (χ4v) is 2.36. The topological polar surface area (TPSA) is 31.0 Å². The number of imidazole rings is 1. The van der Waals surface area contributed by atoms with Crippen molar-refractivity contribution in [2.24, 2.45) is 5.92 Å². The zero-order chi connectivity index (χ0) is 13.4. The molecule has 0 atom stereocenters. The minimum absolute atomic E-state index is 0.508. The lowest BCUT2D eigenvalue weighted by atomic mass is 10.2. The second-order valence-electron chi connectivity index (χ2n) is 4.99. The second kappa shape index (κ2) is 4.74. The molecule has 3 nitrogen and oxygen atoms in total. The van der Waals surface area contributed by atoms with Crippen molar-refractivity contribution in [1.82, 2.24) is 9.55 Å². The lowest BCUT2D eigenvalue weighted by Gasteiger charge is -2.10. The molecular formula is C15H14ClN2O. The number of rotatable bonds is 3. The van der Waals surface area contributed by atoms with Gasteiger partial charge in [0.05, 0.1) is 11.0 Å². The summed E-state index contributed by atoms with van der Waals surface area (Å²) in [7, 11) is 0. The summed E-state index contributed by atoms with van der Waals surface area (Å²) in [5.41, 5.74) is 1.96. The predicted molar refractivity (Wildman–Crippen MR) is 76.1 cm³/mol. The molecule has 3 aromatic rings. The molecule has 2 aromatic heterocycles. The molecule has 0 aliphatic carbocycles. The van der Waals surface area contributed by atoms with Gasteiger partial charge in [-0.3, -0.25) is 0 Å². The summed E-state index contributed by atoms with van der Waals surface area (Å²) in [4.78, 5) is 4.64. The van der Waals surface area contributed by atoms with Gasteiger partial charge < -0.3 is 8.98 Å². The standard InChI is InChI=1S/C15H14ClN2O/c1-10(2)9-18-13-8-11(16)5-6-12(13)17-15(18)14-4-3-7-19-14/h3-6,8,10H,9H2,1-2H3. The van der Waals surface area contributed by atoms with Gasteiger partial charge in [0.1, 0.15) is 0 Å². The zero-order valence-corrected chi connectivity index (χ0v) is 11.6. The summed E-state index contributed by atoms with van der Waals surface area (Å²) in [5, 5.41) is 0.718. The Hall–Kier alpha value is -1.74. The minimum atomic E-state index is 0.508. The molecule has 1 radical (unpaired) electrons. The first-order chi connectivity index (χ1) is 9.15. The van der Waals surface area contributed by atoms with E-state index >= 15 is 0 Å². The first-order valence-electron chi connectivity index (χ1n) is 6.27. The monoisotopic (exact) mass is 273 g/mol. The van der Waals surface area contributed by atoms with E-state index in [1.807, 2.05) is 24.3 Å². The predicted octanol–water partition coefficient (Wildman–Crippen LogP) is 4.41. The van der Waals surface area contributed by atoms with E-state index in [0.29, 0.717) is 5.92 Å². The Balaban J connectivity index is 2.25. The molecule has 2 heterocycles. The number of hydrogen-bond acceptors (Lipinski definition) is 2. The molecule has 4 heteroatoms. The molecule has 0 saturated heterocycles. The minimum Gasteiger partial charge on any atom is -0.450 e. The summed E-state index contributed by atoms with van der Waals surface area (Å²) < 4.78 is 7.51. The average Bonchev–Trinajstić information content (AvgIpc) is 2.97. The molecule has 97 valence electrons. The quantitative estimate of drug-likeness (QED) is 0.708. The highest BCUT2D eigenvalue weighted by Gasteiger charge is 2.15. The molecule has 0 spiro atoms. The van der Waals surface area contributed by atoms with Crippen LogP contribution in [0.1, 0.15) is 13.8 Å². The van der Waals surface area contributed by atoms with Crippen molar-refractivity contribution in [3.05, 3.63) is 41.6 Å². The lowest BCUT2D eigenvalue weighted by Crippen LogP contribution is -2.05. The third-order valence-corrected chi connectivity index (χ3v) is 3.19. The number of benzene rings is 1. The molecule has 0 amide bonds. The van der Waals surface area contributed by atoms with E-state index in [9.17, 15) is 0 Å². The highest BCUT2D eigenvalue weighted by atomic mass is 35.5. The van der Waals surface area contributed by atoms with Crippen LogP contribution < -0.4 is 0 Å². The number of nitrogens with zero attached hydrogens (tertiary/aromatic N) is 2. The molecule has 0 aliphatic rings. The van der Waals surface area contributed by atoms with Crippen LogP contribution in [0.3, 0.4) is 0 Å². The van der Waals surface area contributed by atoms with Crippen LogP contribution in [0.5, 0.6) is 0 Å². The SMILES string of the molecule is CC(C)Cn1c(-c2cc[c]o2)nc2ccc(Cl)cc21. The van der Waals surface area contributed by atoms with Crippen LogP contribution >= 0.6 is 11.6 Å². The van der Waals surface area contributed by atoms with Gasteiger partial charge >= 0.3 is 0 Å². The Kier molecular flexibility index (Phi) is 3.07. The van der Waals surface area contributed by atoms with Crippen molar-refractivity contribution in [3.63, 3.8) is 0 Å².